The summed E-state index contributed by atoms with van der Waals surface area (Å²) in [5.41, 5.74) is 6.15. The van der Waals surface area contributed by atoms with Gasteiger partial charge in [0.25, 0.3) is 0 Å². The Morgan fingerprint density at radius 1 is 1.35 bits per heavy atom. The highest BCUT2D eigenvalue weighted by Crippen LogP contribution is 2.24. The van der Waals surface area contributed by atoms with Crippen LogP contribution in [0.2, 0.25) is 0 Å². The van der Waals surface area contributed by atoms with E-state index in [1.807, 2.05) is 0 Å². The predicted molar refractivity (Wildman–Crippen MR) is 78.3 cm³/mol. The minimum absolute atomic E-state index is 0.0791. The molecular weight excluding hydrogens is 256 g/mol. The molecule has 4 N–H and O–H groups in total. The van der Waals surface area contributed by atoms with Crippen LogP contribution in [0.5, 0.6) is 5.75 Å². The zero-order valence-corrected chi connectivity index (χ0v) is 10.9. The minimum atomic E-state index is -0.640. The third kappa shape index (κ3) is 4.13. The second kappa shape index (κ2) is 6.94. The van der Waals surface area contributed by atoms with E-state index in [2.05, 4.69) is 18.5 Å². The van der Waals surface area contributed by atoms with Gasteiger partial charge in [-0.15, -0.1) is 0 Å². The van der Waals surface area contributed by atoms with Crippen molar-refractivity contribution in [2.75, 3.05) is 5.32 Å². The van der Waals surface area contributed by atoms with E-state index in [1.54, 1.807) is 18.2 Å². The van der Waals surface area contributed by atoms with Crippen molar-refractivity contribution in [3.8, 4) is 5.75 Å². The number of benzene rings is 1. The zero-order chi connectivity index (χ0) is 15.1. The van der Waals surface area contributed by atoms with E-state index in [9.17, 15) is 14.7 Å². The number of anilines is 1. The summed E-state index contributed by atoms with van der Waals surface area (Å²) in [5.74, 6) is -1.13. The first-order valence-corrected chi connectivity index (χ1v) is 5.84. The maximum absolute atomic E-state index is 11.8. The Morgan fingerprint density at radius 2 is 2.05 bits per heavy atom. The molecule has 0 aliphatic rings. The number of nitrogens with two attached hydrogens (primary N) is 1. The van der Waals surface area contributed by atoms with Gasteiger partial charge >= 0.3 is 0 Å². The molecule has 0 atom stereocenters. The van der Waals surface area contributed by atoms with Gasteiger partial charge in [-0.2, -0.15) is 0 Å². The Kier molecular flexibility index (Phi) is 5.29. The lowest BCUT2D eigenvalue weighted by Crippen LogP contribution is -2.14. The van der Waals surface area contributed by atoms with Crippen LogP contribution in [0.15, 0.2) is 55.2 Å². The van der Waals surface area contributed by atoms with Crippen LogP contribution in [0.4, 0.5) is 5.69 Å². The molecule has 104 valence electrons. The number of carbonyl (C=O) groups excluding carboxylic acids is 2. The monoisotopic (exact) mass is 272 g/mol. The molecule has 0 saturated heterocycles. The third-order valence-corrected chi connectivity index (χ3v) is 2.51. The van der Waals surface area contributed by atoms with Crippen LogP contribution >= 0.6 is 0 Å². The van der Waals surface area contributed by atoms with Crippen molar-refractivity contribution < 1.29 is 14.7 Å². The number of aromatic hydroxyl groups is 1. The first kappa shape index (κ1) is 15.2. The fourth-order valence-corrected chi connectivity index (χ4v) is 1.52. The average Bonchev–Trinajstić information content (AvgIpc) is 2.40. The Balaban J connectivity index is 2.87. The maximum Gasteiger partial charge on any atom is 0.248 e. The number of amides is 2. The summed E-state index contributed by atoms with van der Waals surface area (Å²) in [6.45, 7) is 7.13. The van der Waals surface area contributed by atoms with Crippen molar-refractivity contribution in [2.24, 2.45) is 5.73 Å². The quantitative estimate of drug-likeness (QED) is 0.547. The molecule has 0 heterocycles. The molecule has 5 heteroatoms. The smallest absolute Gasteiger partial charge is 0.248 e. The van der Waals surface area contributed by atoms with Gasteiger partial charge in [0.05, 0.1) is 12.1 Å². The highest BCUT2D eigenvalue weighted by molar-refractivity contribution is 5.98. The molecule has 0 spiro atoms. The Morgan fingerprint density at radius 3 is 2.60 bits per heavy atom. The summed E-state index contributed by atoms with van der Waals surface area (Å²) < 4.78 is 0. The van der Waals surface area contributed by atoms with Crippen molar-refractivity contribution in [1.29, 1.82) is 0 Å². The van der Waals surface area contributed by atoms with Crippen LogP contribution in [-0.4, -0.2) is 16.9 Å². The fourth-order valence-electron chi connectivity index (χ4n) is 1.52. The van der Waals surface area contributed by atoms with E-state index in [4.69, 9.17) is 5.73 Å². The Bertz CT molecular complexity index is 589. The number of carbonyl (C=O) groups is 2. The summed E-state index contributed by atoms with van der Waals surface area (Å²) in [7, 11) is 0. The number of phenolic OH excluding ortho intramolecular Hbond substituents is 1. The number of hydrogen-bond donors (Lipinski definition) is 3. The molecule has 20 heavy (non-hydrogen) atoms. The number of nitrogens with one attached hydrogen (secondary N) is 1. The number of hydrogen-bond acceptors (Lipinski definition) is 3. The molecule has 0 radical (unpaired) electrons. The van der Waals surface area contributed by atoms with Crippen LogP contribution in [0.25, 0.3) is 0 Å². The summed E-state index contributed by atoms with van der Waals surface area (Å²) >= 11 is 0. The number of phenols is 1. The van der Waals surface area contributed by atoms with Gasteiger partial charge in [0.2, 0.25) is 11.8 Å². The van der Waals surface area contributed by atoms with E-state index < -0.39 is 5.91 Å². The van der Waals surface area contributed by atoms with Crippen molar-refractivity contribution in [3.05, 3.63) is 60.7 Å². The van der Waals surface area contributed by atoms with Crippen LogP contribution < -0.4 is 11.1 Å². The van der Waals surface area contributed by atoms with Crippen molar-refractivity contribution in [3.63, 3.8) is 0 Å². The molecule has 0 aliphatic carbocycles. The number of primary amides is 1. The van der Waals surface area contributed by atoms with E-state index in [0.717, 1.165) is 0 Å². The molecule has 0 unspecified atom stereocenters. The topological polar surface area (TPSA) is 92.4 Å². The highest BCUT2D eigenvalue weighted by atomic mass is 16.3. The molecule has 1 aromatic carbocycles. The molecule has 2 amide bonds. The van der Waals surface area contributed by atoms with Crippen molar-refractivity contribution in [1.82, 2.24) is 0 Å². The Labute approximate surface area is 117 Å². The molecular formula is C15H16N2O3. The molecule has 0 bridgehead atoms. The minimum Gasteiger partial charge on any atom is -0.506 e. The van der Waals surface area contributed by atoms with Gasteiger partial charge in [-0.25, -0.2) is 0 Å². The molecule has 1 aromatic rings. The molecule has 0 aromatic heterocycles. The molecule has 0 saturated carbocycles. The van der Waals surface area contributed by atoms with Crippen LogP contribution in [0.3, 0.4) is 0 Å². The Hall–Kier alpha value is -2.82. The van der Waals surface area contributed by atoms with Crippen LogP contribution in [-0.2, 0) is 4.79 Å². The van der Waals surface area contributed by atoms with Crippen molar-refractivity contribution >= 4 is 17.5 Å². The lowest BCUT2D eigenvalue weighted by molar-refractivity contribution is -0.115. The van der Waals surface area contributed by atoms with Gasteiger partial charge in [0.1, 0.15) is 5.75 Å². The van der Waals surface area contributed by atoms with Gasteiger partial charge < -0.3 is 16.2 Å². The average molecular weight is 272 g/mol. The van der Waals surface area contributed by atoms with Crippen LogP contribution in [0.1, 0.15) is 16.8 Å². The summed E-state index contributed by atoms with van der Waals surface area (Å²) in [4.78, 5) is 22.9. The van der Waals surface area contributed by atoms with Gasteiger partial charge in [-0.3, -0.25) is 9.59 Å². The zero-order valence-electron chi connectivity index (χ0n) is 10.9. The molecule has 0 aliphatic heterocycles. The lowest BCUT2D eigenvalue weighted by Gasteiger charge is -2.08. The van der Waals surface area contributed by atoms with E-state index in [1.165, 1.54) is 18.2 Å². The molecule has 5 nitrogen and oxygen atoms in total. The highest BCUT2D eigenvalue weighted by Gasteiger charge is 2.10. The number of rotatable bonds is 6. The van der Waals surface area contributed by atoms with Gasteiger partial charge in [-0.1, -0.05) is 31.4 Å². The van der Waals surface area contributed by atoms with Gasteiger partial charge in [0, 0.05) is 5.56 Å². The van der Waals surface area contributed by atoms with E-state index in [0.29, 0.717) is 5.57 Å². The van der Waals surface area contributed by atoms with Crippen molar-refractivity contribution in [2.45, 2.75) is 6.42 Å². The summed E-state index contributed by atoms with van der Waals surface area (Å²) in [6, 6.07) is 3.99. The molecule has 0 fully saturated rings. The number of allylic oxidation sites excluding steroid dienone is 3. The standard InChI is InChI=1S/C15H16N2O3/c1-3-5-10(4-2)8-14(19)17-12-9-11(15(16)20)6-7-13(12)18/h3-7,9,18H,1-2,8H2,(H2,16,20)(H,17,19)/b10-5+. The molecule has 1 rings (SSSR count). The summed E-state index contributed by atoms with van der Waals surface area (Å²) in [6.07, 6.45) is 4.83. The van der Waals surface area contributed by atoms with Gasteiger partial charge in [0.15, 0.2) is 0 Å². The normalized spacial score (nSPS) is 10.7. The van der Waals surface area contributed by atoms with Crippen LogP contribution in [0, 0.1) is 0 Å². The van der Waals surface area contributed by atoms with Gasteiger partial charge in [-0.05, 0) is 23.8 Å². The van der Waals surface area contributed by atoms with E-state index >= 15 is 0 Å². The second-order valence-corrected chi connectivity index (χ2v) is 4.00. The first-order valence-electron chi connectivity index (χ1n) is 5.84. The summed E-state index contributed by atoms with van der Waals surface area (Å²) in [5, 5.41) is 12.2. The van der Waals surface area contributed by atoms with E-state index in [-0.39, 0.29) is 29.3 Å². The second-order valence-electron chi connectivity index (χ2n) is 4.00. The first-order chi connectivity index (χ1) is 9.47. The third-order valence-electron chi connectivity index (χ3n) is 2.51. The SMILES string of the molecule is C=C/C=C(\C=C)CC(=O)Nc1cc(C(N)=O)ccc1O. The lowest BCUT2D eigenvalue weighted by atomic mass is 10.1. The predicted octanol–water partition coefficient (Wildman–Crippen LogP) is 2.12. The maximum atomic E-state index is 11.8. The fraction of sp³-hybridized carbons (Fsp3) is 0.0667. The largest absolute Gasteiger partial charge is 0.506 e.